The van der Waals surface area contributed by atoms with E-state index in [4.69, 9.17) is 4.74 Å². The number of hydrogen-bond acceptors (Lipinski definition) is 6. The van der Waals surface area contributed by atoms with E-state index in [-0.39, 0.29) is 18.1 Å². The lowest BCUT2D eigenvalue weighted by Gasteiger charge is -2.08. The summed E-state index contributed by atoms with van der Waals surface area (Å²) in [4.78, 5) is 28.3. The van der Waals surface area contributed by atoms with Crippen LogP contribution in [0.15, 0.2) is 82.7 Å². The quantitative estimate of drug-likeness (QED) is 0.585. The van der Waals surface area contributed by atoms with Crippen LogP contribution in [0.5, 0.6) is 5.75 Å². The zero-order valence-electron chi connectivity index (χ0n) is 17.2. The Morgan fingerprint density at radius 2 is 1.84 bits per heavy atom. The van der Waals surface area contributed by atoms with Crippen molar-refractivity contribution in [3.63, 3.8) is 0 Å². The lowest BCUT2D eigenvalue weighted by molar-refractivity contribution is -0.255. The van der Waals surface area contributed by atoms with E-state index in [1.807, 2.05) is 43.3 Å². The molecule has 1 heterocycles. The van der Waals surface area contributed by atoms with Gasteiger partial charge in [-0.1, -0.05) is 48.0 Å². The number of carbonyl (C=O) groups is 2. The molecule has 0 bridgehead atoms. The van der Waals surface area contributed by atoms with Gasteiger partial charge in [0, 0.05) is 0 Å². The van der Waals surface area contributed by atoms with E-state index in [0.717, 1.165) is 22.4 Å². The Hall–Kier alpha value is -3.84. The number of carboxylic acid groups (broad SMARTS) is 1. The standard InChI is InChI=1S/C25H20N2O4S/c1-16-5-9-20(10-6-16)26-25-27-23(28)22(32-25)14-17-7-11-21(12-8-17)31-15-18-3-2-4-19(13-18)24(29)30/h2-14H,15H2,1H3,(H,29,30)(H,26,27,28)/p-1/b22-14-. The van der Waals surface area contributed by atoms with Crippen LogP contribution < -0.4 is 15.2 Å². The second-order valence-electron chi connectivity index (χ2n) is 7.16. The van der Waals surface area contributed by atoms with E-state index in [1.165, 1.54) is 23.9 Å². The van der Waals surface area contributed by atoms with Gasteiger partial charge >= 0.3 is 0 Å². The second-order valence-corrected chi connectivity index (χ2v) is 8.19. The first kappa shape index (κ1) is 21.4. The Morgan fingerprint density at radius 1 is 1.09 bits per heavy atom. The number of amidine groups is 1. The van der Waals surface area contributed by atoms with Gasteiger partial charge in [0.15, 0.2) is 5.17 Å². The zero-order chi connectivity index (χ0) is 22.5. The summed E-state index contributed by atoms with van der Waals surface area (Å²) in [5.41, 5.74) is 3.64. The fourth-order valence-corrected chi connectivity index (χ4v) is 3.83. The summed E-state index contributed by atoms with van der Waals surface area (Å²) in [5, 5.41) is 14.3. The summed E-state index contributed by atoms with van der Waals surface area (Å²) in [6.45, 7) is 2.24. The van der Waals surface area contributed by atoms with Crippen molar-refractivity contribution in [1.82, 2.24) is 5.32 Å². The smallest absolute Gasteiger partial charge is 0.264 e. The molecule has 7 heteroatoms. The molecular formula is C25H19N2O4S-. The minimum atomic E-state index is -1.22. The van der Waals surface area contributed by atoms with Gasteiger partial charge in [0.1, 0.15) is 12.4 Å². The summed E-state index contributed by atoms with van der Waals surface area (Å²) in [5.74, 6) is -0.768. The summed E-state index contributed by atoms with van der Waals surface area (Å²) < 4.78 is 5.73. The van der Waals surface area contributed by atoms with Crippen LogP contribution in [0.25, 0.3) is 6.08 Å². The van der Waals surface area contributed by atoms with E-state index in [9.17, 15) is 14.7 Å². The number of nitrogens with one attached hydrogen (secondary N) is 1. The Morgan fingerprint density at radius 3 is 2.56 bits per heavy atom. The van der Waals surface area contributed by atoms with E-state index in [2.05, 4.69) is 10.3 Å². The first-order valence-corrected chi connectivity index (χ1v) is 10.7. The van der Waals surface area contributed by atoms with E-state index < -0.39 is 5.97 Å². The molecule has 3 aromatic carbocycles. The zero-order valence-corrected chi connectivity index (χ0v) is 18.0. The van der Waals surface area contributed by atoms with Crippen molar-refractivity contribution in [2.75, 3.05) is 0 Å². The molecule has 1 N–H and O–H groups in total. The van der Waals surface area contributed by atoms with Crippen molar-refractivity contribution < 1.29 is 19.4 Å². The van der Waals surface area contributed by atoms with Crippen LogP contribution in [0.1, 0.15) is 27.0 Å². The molecule has 1 saturated heterocycles. The molecule has 3 aromatic rings. The third-order valence-corrected chi connectivity index (χ3v) is 5.57. The Labute approximate surface area is 189 Å². The molecule has 4 rings (SSSR count). The largest absolute Gasteiger partial charge is 0.545 e. The van der Waals surface area contributed by atoms with Gasteiger partial charge < -0.3 is 20.0 Å². The molecule has 1 fully saturated rings. The highest BCUT2D eigenvalue weighted by Crippen LogP contribution is 2.28. The predicted octanol–water partition coefficient (Wildman–Crippen LogP) is 3.83. The number of ether oxygens (including phenoxy) is 1. The maximum Gasteiger partial charge on any atom is 0.264 e. The molecule has 0 saturated carbocycles. The number of hydrogen-bond donors (Lipinski definition) is 1. The number of rotatable bonds is 6. The topological polar surface area (TPSA) is 90.8 Å². The third-order valence-electron chi connectivity index (χ3n) is 4.66. The van der Waals surface area contributed by atoms with Crippen LogP contribution in [-0.4, -0.2) is 17.0 Å². The van der Waals surface area contributed by atoms with Gasteiger partial charge in [0.2, 0.25) is 0 Å². The van der Waals surface area contributed by atoms with Gasteiger partial charge in [-0.25, -0.2) is 4.99 Å². The van der Waals surface area contributed by atoms with Gasteiger partial charge in [0.25, 0.3) is 5.91 Å². The van der Waals surface area contributed by atoms with Gasteiger partial charge in [0.05, 0.1) is 16.6 Å². The molecule has 1 aliphatic heterocycles. The minimum Gasteiger partial charge on any atom is -0.545 e. The van der Waals surface area contributed by atoms with Crippen molar-refractivity contribution in [2.45, 2.75) is 13.5 Å². The molecule has 0 radical (unpaired) electrons. The average molecular weight is 444 g/mol. The summed E-state index contributed by atoms with van der Waals surface area (Å²) >= 11 is 1.29. The number of carboxylic acids is 1. The van der Waals surface area contributed by atoms with Crippen LogP contribution in [0.4, 0.5) is 5.69 Å². The van der Waals surface area contributed by atoms with Crippen molar-refractivity contribution in [2.24, 2.45) is 4.99 Å². The fourth-order valence-electron chi connectivity index (χ4n) is 2.98. The highest BCUT2D eigenvalue weighted by Gasteiger charge is 2.23. The predicted molar refractivity (Wildman–Crippen MR) is 124 cm³/mol. The third kappa shape index (κ3) is 5.44. The molecular weight excluding hydrogens is 424 g/mol. The van der Waals surface area contributed by atoms with Crippen LogP contribution in [0, 0.1) is 6.92 Å². The summed E-state index contributed by atoms with van der Waals surface area (Å²) in [6.07, 6.45) is 1.80. The molecule has 1 amide bonds. The van der Waals surface area contributed by atoms with Crippen LogP contribution in [0.2, 0.25) is 0 Å². The fraction of sp³-hybridized carbons (Fsp3) is 0.0800. The second kappa shape index (κ2) is 9.53. The monoisotopic (exact) mass is 443 g/mol. The van der Waals surface area contributed by atoms with E-state index in [0.29, 0.717) is 15.8 Å². The van der Waals surface area contributed by atoms with Gasteiger partial charge in [-0.15, -0.1) is 0 Å². The van der Waals surface area contributed by atoms with Crippen molar-refractivity contribution in [3.05, 3.63) is 100.0 Å². The van der Waals surface area contributed by atoms with Crippen LogP contribution in [0.3, 0.4) is 0 Å². The Bertz CT molecular complexity index is 1220. The van der Waals surface area contributed by atoms with Crippen molar-refractivity contribution in [3.8, 4) is 5.75 Å². The maximum atomic E-state index is 12.3. The first-order chi connectivity index (χ1) is 15.5. The number of carbonyl (C=O) groups excluding carboxylic acids is 2. The number of aromatic carboxylic acids is 1. The molecule has 0 aromatic heterocycles. The SMILES string of the molecule is Cc1ccc(N=C2NC(=O)/C(=C/c3ccc(OCc4cccc(C(=O)[O-])c4)cc3)S2)cc1. The normalized spacial score (nSPS) is 15.7. The lowest BCUT2D eigenvalue weighted by atomic mass is 10.1. The molecule has 0 unspecified atom stereocenters. The molecule has 1 aliphatic rings. The lowest BCUT2D eigenvalue weighted by Crippen LogP contribution is -2.22. The highest BCUT2D eigenvalue weighted by molar-refractivity contribution is 8.18. The minimum absolute atomic E-state index is 0.116. The first-order valence-electron chi connectivity index (χ1n) is 9.86. The molecule has 6 nitrogen and oxygen atoms in total. The van der Waals surface area contributed by atoms with Gasteiger partial charge in [-0.2, -0.15) is 0 Å². The molecule has 0 aliphatic carbocycles. The van der Waals surface area contributed by atoms with Gasteiger partial charge in [-0.05, 0) is 71.8 Å². The van der Waals surface area contributed by atoms with Crippen LogP contribution in [-0.2, 0) is 11.4 Å². The average Bonchev–Trinajstić information content (AvgIpc) is 3.13. The van der Waals surface area contributed by atoms with E-state index >= 15 is 0 Å². The summed E-state index contributed by atoms with van der Waals surface area (Å²) in [6, 6.07) is 21.5. The van der Waals surface area contributed by atoms with Gasteiger partial charge in [-0.3, -0.25) is 4.79 Å². The number of benzene rings is 3. The summed E-state index contributed by atoms with van der Waals surface area (Å²) in [7, 11) is 0. The van der Waals surface area contributed by atoms with Crippen LogP contribution >= 0.6 is 11.8 Å². The molecule has 160 valence electrons. The highest BCUT2D eigenvalue weighted by atomic mass is 32.2. The maximum absolute atomic E-state index is 12.3. The van der Waals surface area contributed by atoms with E-state index in [1.54, 1.807) is 30.3 Å². The van der Waals surface area contributed by atoms with Crippen molar-refractivity contribution in [1.29, 1.82) is 0 Å². The Kier molecular flexibility index (Phi) is 6.37. The number of amides is 1. The Balaban J connectivity index is 1.39. The number of aliphatic imine (C=N–C) groups is 1. The van der Waals surface area contributed by atoms with Crippen molar-refractivity contribution >= 4 is 40.6 Å². The molecule has 0 spiro atoms. The number of aryl methyl sites for hydroxylation is 1. The number of nitrogens with zero attached hydrogens (tertiary/aromatic N) is 1. The number of thioether (sulfide) groups is 1. The molecule has 32 heavy (non-hydrogen) atoms. The molecule has 0 atom stereocenters.